The molecule has 772 valence electrons. The Morgan fingerprint density at radius 3 is 1.28 bits per heavy atom. The van der Waals surface area contributed by atoms with E-state index in [1.807, 2.05) is 26.0 Å². The number of halogens is 2. The van der Waals surface area contributed by atoms with Gasteiger partial charge in [0.1, 0.15) is 92.7 Å². The molecule has 41 heteroatoms. The Morgan fingerprint density at radius 2 is 0.915 bits per heavy atom. The molecular formula is C100H131Cl2N7O30S2. The number of hydrogen-bond acceptors (Lipinski definition) is 31. The van der Waals surface area contributed by atoms with Gasteiger partial charge < -0.3 is 87.1 Å². The quantitative estimate of drug-likeness (QED) is 0.0360. The first-order valence-electron chi connectivity index (χ1n) is 47.9. The zero-order valence-corrected chi connectivity index (χ0v) is 85.8. The highest BCUT2D eigenvalue weighted by molar-refractivity contribution is 8.00. The van der Waals surface area contributed by atoms with Gasteiger partial charge in [0.15, 0.2) is 0 Å². The van der Waals surface area contributed by atoms with Crippen molar-refractivity contribution in [2.45, 2.75) is 290 Å². The van der Waals surface area contributed by atoms with Crippen LogP contribution >= 0.6 is 46.7 Å². The van der Waals surface area contributed by atoms with Crippen molar-refractivity contribution in [2.24, 2.45) is 35.5 Å². The van der Waals surface area contributed by atoms with Crippen LogP contribution in [0.1, 0.15) is 195 Å². The second-order valence-electron chi connectivity index (χ2n) is 39.5. The number of benzene rings is 2. The number of amides is 10. The van der Waals surface area contributed by atoms with E-state index in [0.717, 1.165) is 22.3 Å². The minimum Gasteiger partial charge on any atom is -0.495 e. The number of imide groups is 3. The fraction of sp³-hybridized carbons (Fsp3) is 0.640. The molecule has 0 aromatic heterocycles. The molecule has 11 aliphatic rings. The lowest BCUT2D eigenvalue weighted by Crippen LogP contribution is -2.53. The molecule has 9 aliphatic heterocycles. The molecule has 10 amide bonds. The van der Waals surface area contributed by atoms with Gasteiger partial charge in [-0.15, -0.1) is 28.6 Å². The van der Waals surface area contributed by atoms with Crippen molar-refractivity contribution in [3.63, 3.8) is 0 Å². The minimum absolute atomic E-state index is 0.00121. The molecule has 0 unspecified atom stereocenters. The zero-order chi connectivity index (χ0) is 103. The summed E-state index contributed by atoms with van der Waals surface area (Å²) < 4.78 is 59.2. The highest BCUT2D eigenvalue weighted by Crippen LogP contribution is 2.53. The molecule has 37 nitrogen and oxygen atoms in total. The zero-order valence-electron chi connectivity index (χ0n) is 82.6. The Balaban J connectivity index is 0.000000253. The van der Waals surface area contributed by atoms with Crippen molar-refractivity contribution in [2.75, 3.05) is 91.0 Å². The Bertz CT molecular complexity index is 5250. The lowest BCUT2D eigenvalue weighted by molar-refractivity contribution is -0.201. The van der Waals surface area contributed by atoms with Crippen LogP contribution in [0, 0.1) is 35.5 Å². The number of hydrogen-bond donors (Lipinski definition) is 3. The van der Waals surface area contributed by atoms with Crippen LogP contribution in [0.4, 0.5) is 11.4 Å². The molecule has 3 N–H and O–H groups in total. The summed E-state index contributed by atoms with van der Waals surface area (Å²) in [7, 11) is 11.8. The lowest BCUT2D eigenvalue weighted by atomic mass is 9.78. The average molecular weight is 2050 g/mol. The number of ether oxygens (including phenoxy) is 10. The Labute approximate surface area is 838 Å². The molecule has 0 spiro atoms. The topological polar surface area (TPSA) is 465 Å². The molecule has 9 fully saturated rings. The second kappa shape index (κ2) is 46.5. The van der Waals surface area contributed by atoms with E-state index in [-0.39, 0.29) is 147 Å². The SMILES string of the molecule is COc1cc2cc(c1Cl)N(C)C(=O)C[C@H](OC(=O)[C@H](C)N(C)C(=O)CCS[C@H]1CC(=O)N(CC3CCC(C(=O)O)CC3)C1=O)[C@]1(C)O[C@H]1[C@H](C)[C@@H]1C[C@@](O)(CC(=O)O1)[C@H](OC)/C=C/C=C(\C)C2.COc1cc2cc(c1Cl)N(C)C(=O)C[C@H](OC(=O)[C@H](C)N(C)C(=O)CCS[C@H]1CC(=O)N(CC3CCC(C(=O)ON4C(=O)CCC4=O)CC3)C1=O)[C@]1(C)O[C@H]1[C@H](C)[C@@H]1C[C@@](O)(CC(=O)O1)[C@H](OC)/C=C/C=C(\C)C2. The highest BCUT2D eigenvalue weighted by Gasteiger charge is 2.67. The van der Waals surface area contributed by atoms with Crippen molar-refractivity contribution < 1.29 is 144 Å². The monoisotopic (exact) mass is 2040 g/mol. The van der Waals surface area contributed by atoms with E-state index in [1.165, 1.54) is 109 Å². The summed E-state index contributed by atoms with van der Waals surface area (Å²) in [5.41, 5.74) is -1.77. The number of carboxylic acid groups (broad SMARTS) is 1. The van der Waals surface area contributed by atoms with Crippen molar-refractivity contribution in [3.8, 4) is 11.5 Å². The standard InChI is InChI=1S/C52H67ClN4O16S.C48H64ClN3O14S/c1-28-10-9-11-38(69-8)52(67)25-36(70-45(63)26-52)29(2)47-51(4,72-47)39(24-43(61)55(6)34-21-32(20-28)22-35(68-7)46(34)53)71-49(65)30(3)54(5)40(58)18-19-74-37-23-44(62)56(48(37)64)27-31-12-14-33(15-13-31)50(66)73-57-41(59)16-17-42(57)60;1-26-10-9-11-36(63-8)48(61)23-34(64-41(56)24-48)27(2)43-47(4,66-43)37(22-39(54)51(6)32-19-30(18-26)20-33(62-7)42(32)49)65-46(60)28(3)50(5)38(53)16-17-67-35-21-40(55)52(44(35)57)25-29-12-14-31(15-13-29)45(58)59/h9-11,21-22,29-31,33,36-39,47,67H,12-20,23-27H2,1-8H3;9-11,19-20,27-29,31,34-37,43,61H,12-18,21-25H2,1-8H3,(H,58,59)/b11-9+,28-10+;11-9+,26-10+/t29-,30+,31?,33?,36+,37+,38-,39+,47+,51+,52-;27-,28+,29?,31?,34+,35+,36-,37+,43+,47+,48-/m11/s1. The van der Waals surface area contributed by atoms with Gasteiger partial charge in [0.2, 0.25) is 47.3 Å². The van der Waals surface area contributed by atoms with Gasteiger partial charge in [0.05, 0.1) is 85.8 Å². The van der Waals surface area contributed by atoms with E-state index in [0.29, 0.717) is 92.1 Å². The molecule has 0 radical (unpaired) electrons. The number of allylic oxidation sites excluding steroid dienone is 6. The number of carboxylic acids is 1. The third-order valence-electron chi connectivity index (χ3n) is 29.7. The molecule has 18 atom stereocenters. The van der Waals surface area contributed by atoms with E-state index in [9.17, 15) is 92.0 Å². The van der Waals surface area contributed by atoms with Crippen molar-refractivity contribution in [3.05, 3.63) is 93.0 Å². The second-order valence-corrected chi connectivity index (χ2v) is 42.9. The number of epoxide rings is 2. The summed E-state index contributed by atoms with van der Waals surface area (Å²) in [5, 5.41) is 32.8. The smallest absolute Gasteiger partial charge is 0.336 e. The molecule has 8 bridgehead atoms. The molecule has 2 aromatic rings. The van der Waals surface area contributed by atoms with Crippen molar-refractivity contribution in [1.29, 1.82) is 0 Å². The number of methoxy groups -OCH3 is 4. The number of carbonyl (C=O) groups is 16. The first-order valence-corrected chi connectivity index (χ1v) is 50.8. The van der Waals surface area contributed by atoms with Crippen LogP contribution in [0.25, 0.3) is 0 Å². The van der Waals surface area contributed by atoms with Crippen LogP contribution in [-0.4, -0.2) is 310 Å². The van der Waals surface area contributed by atoms with Gasteiger partial charge in [-0.1, -0.05) is 84.7 Å². The third kappa shape index (κ3) is 25.6. The van der Waals surface area contributed by atoms with Crippen LogP contribution in [0.15, 0.2) is 71.9 Å². The first kappa shape index (κ1) is 110. The number of anilines is 2. The Hall–Kier alpha value is -9.84. The number of aliphatic carboxylic acids is 1. The molecule has 141 heavy (non-hydrogen) atoms. The lowest BCUT2D eigenvalue weighted by Gasteiger charge is -2.41. The fourth-order valence-electron chi connectivity index (χ4n) is 20.3. The number of likely N-dealkylation sites (tertiary alicyclic amines) is 2. The number of rotatable bonds is 25. The first-order chi connectivity index (χ1) is 66.6. The summed E-state index contributed by atoms with van der Waals surface area (Å²) >= 11 is 16.0. The normalized spacial score (nSPS) is 32.7. The predicted molar refractivity (Wildman–Crippen MR) is 514 cm³/mol. The predicted octanol–water partition coefficient (Wildman–Crippen LogP) is 9.33. The highest BCUT2D eigenvalue weighted by atomic mass is 35.5. The van der Waals surface area contributed by atoms with Gasteiger partial charge in [-0.25, -0.2) is 14.4 Å². The number of hydroxylamine groups is 2. The maximum Gasteiger partial charge on any atom is 0.336 e. The van der Waals surface area contributed by atoms with E-state index in [4.69, 9.17) is 75.4 Å². The third-order valence-corrected chi connectivity index (χ3v) is 32.9. The largest absolute Gasteiger partial charge is 0.495 e. The molecule has 7 saturated heterocycles. The van der Waals surface area contributed by atoms with Crippen LogP contribution in [-0.2, 0) is 132 Å². The van der Waals surface area contributed by atoms with Crippen LogP contribution in [0.5, 0.6) is 11.5 Å². The summed E-state index contributed by atoms with van der Waals surface area (Å²) in [6, 6.07) is 4.82. The number of aliphatic hydroxyl groups is 2. The number of likely N-dealkylation sites (N-methyl/N-ethyl adjacent to an activating group) is 2. The number of carbonyl (C=O) groups excluding carboxylic acids is 15. The van der Waals surface area contributed by atoms with Crippen molar-refractivity contribution in [1.82, 2.24) is 24.7 Å². The van der Waals surface area contributed by atoms with Crippen molar-refractivity contribution >= 4 is 153 Å². The maximum absolute atomic E-state index is 14.4. The van der Waals surface area contributed by atoms with Gasteiger partial charge >= 0.3 is 35.8 Å². The number of nitrogens with zero attached hydrogens (tertiary/aromatic N) is 7. The number of thioether (sulfide) groups is 2. The average Bonchev–Trinajstić information content (AvgIpc) is 1.57. The van der Waals surface area contributed by atoms with Crippen LogP contribution < -0.4 is 19.3 Å². The summed E-state index contributed by atoms with van der Waals surface area (Å²) in [6.45, 7) is 14.2. The summed E-state index contributed by atoms with van der Waals surface area (Å²) in [5.74, 6) is -9.59. The van der Waals surface area contributed by atoms with Crippen LogP contribution in [0.2, 0.25) is 10.0 Å². The van der Waals surface area contributed by atoms with Gasteiger partial charge in [-0.05, 0) is 153 Å². The molecule has 2 saturated carbocycles. The number of esters is 4. The molecule has 2 aromatic carbocycles. The van der Waals surface area contributed by atoms with Gasteiger partial charge in [-0.2, -0.15) is 0 Å². The van der Waals surface area contributed by atoms with E-state index < -0.39 is 189 Å². The van der Waals surface area contributed by atoms with Gasteiger partial charge in [-0.3, -0.25) is 72.1 Å². The Kier molecular flexibility index (Phi) is 36.2. The number of fused-ring (bicyclic) bond motifs is 10. The Morgan fingerprint density at radius 1 is 0.539 bits per heavy atom. The van der Waals surface area contributed by atoms with Crippen LogP contribution in [0.3, 0.4) is 0 Å². The molecule has 2 aliphatic carbocycles. The van der Waals surface area contributed by atoms with E-state index in [2.05, 4.69) is 0 Å². The summed E-state index contributed by atoms with van der Waals surface area (Å²) in [6.07, 6.45) is 6.81. The molecular weight excluding hydrogens is 1910 g/mol. The van der Waals surface area contributed by atoms with E-state index >= 15 is 0 Å². The minimum atomic E-state index is -1.64. The molecule has 13 rings (SSSR count). The van der Waals surface area contributed by atoms with Gasteiger partial charge in [0, 0.05) is 130 Å². The fourth-order valence-corrected chi connectivity index (χ4v) is 23.2. The summed E-state index contributed by atoms with van der Waals surface area (Å²) in [4.78, 5) is 223. The molecule has 9 heterocycles. The maximum atomic E-state index is 14.4. The van der Waals surface area contributed by atoms with E-state index in [1.54, 1.807) is 90.4 Å². The van der Waals surface area contributed by atoms with Gasteiger partial charge in [0.25, 0.3) is 11.8 Å².